The quantitative estimate of drug-likeness (QED) is 0.350. The van der Waals surface area contributed by atoms with Crippen LogP contribution >= 0.6 is 24.0 Å². The van der Waals surface area contributed by atoms with Crippen molar-refractivity contribution >= 4 is 29.9 Å². The summed E-state index contributed by atoms with van der Waals surface area (Å²) in [6.07, 6.45) is 10.8. The van der Waals surface area contributed by atoms with E-state index in [0.29, 0.717) is 6.04 Å². The lowest BCUT2D eigenvalue weighted by atomic mass is 9.95. The van der Waals surface area contributed by atoms with Crippen LogP contribution in [-0.2, 0) is 17.7 Å². The third kappa shape index (κ3) is 5.34. The number of aromatic nitrogens is 3. The first-order valence-electron chi connectivity index (χ1n) is 10.3. The molecule has 1 aliphatic heterocycles. The van der Waals surface area contributed by atoms with Gasteiger partial charge < -0.3 is 19.9 Å². The average Bonchev–Trinajstić information content (AvgIpc) is 3.44. The Kier molecular flexibility index (Phi) is 7.75. The highest BCUT2D eigenvalue weighted by Crippen LogP contribution is 2.44. The Morgan fingerprint density at radius 1 is 1.33 bits per heavy atom. The Bertz CT molecular complexity index is 615. The zero-order chi connectivity index (χ0) is 17.8. The SMILES string of the molecule is CCc1nncn1CCNC(=NCC1CCCO1)NC1CC2CCC1C2.I. The number of ether oxygens (including phenoxy) is 1. The van der Waals surface area contributed by atoms with E-state index >= 15 is 0 Å². The molecule has 27 heavy (non-hydrogen) atoms. The summed E-state index contributed by atoms with van der Waals surface area (Å²) in [5, 5.41) is 15.4. The van der Waals surface area contributed by atoms with Gasteiger partial charge in [-0.2, -0.15) is 0 Å². The van der Waals surface area contributed by atoms with Gasteiger partial charge in [0.2, 0.25) is 0 Å². The van der Waals surface area contributed by atoms with Crippen molar-refractivity contribution < 1.29 is 4.74 Å². The summed E-state index contributed by atoms with van der Waals surface area (Å²) in [6, 6.07) is 0.589. The molecule has 8 heteroatoms. The molecule has 3 fully saturated rings. The minimum Gasteiger partial charge on any atom is -0.376 e. The van der Waals surface area contributed by atoms with E-state index in [-0.39, 0.29) is 30.1 Å². The van der Waals surface area contributed by atoms with Gasteiger partial charge in [0.05, 0.1) is 12.6 Å². The molecule has 1 aromatic rings. The second-order valence-electron chi connectivity index (χ2n) is 7.97. The number of aliphatic imine (C=N–C) groups is 1. The van der Waals surface area contributed by atoms with Gasteiger partial charge in [-0.15, -0.1) is 34.2 Å². The Labute approximate surface area is 179 Å². The lowest BCUT2D eigenvalue weighted by molar-refractivity contribution is 0.117. The summed E-state index contributed by atoms with van der Waals surface area (Å²) in [7, 11) is 0. The fraction of sp³-hybridized carbons (Fsp3) is 0.842. The van der Waals surface area contributed by atoms with Crippen molar-refractivity contribution in [1.29, 1.82) is 0 Å². The van der Waals surface area contributed by atoms with Gasteiger partial charge in [-0.3, -0.25) is 4.99 Å². The zero-order valence-electron chi connectivity index (χ0n) is 16.3. The summed E-state index contributed by atoms with van der Waals surface area (Å²) in [4.78, 5) is 4.84. The second kappa shape index (κ2) is 10.0. The third-order valence-corrected chi connectivity index (χ3v) is 6.19. The van der Waals surface area contributed by atoms with Crippen LogP contribution in [-0.4, -0.2) is 52.6 Å². The van der Waals surface area contributed by atoms with E-state index in [1.54, 1.807) is 0 Å². The van der Waals surface area contributed by atoms with Crippen LogP contribution in [0.4, 0.5) is 0 Å². The molecule has 4 unspecified atom stereocenters. The molecule has 0 aromatic carbocycles. The van der Waals surface area contributed by atoms with E-state index in [1.165, 1.54) is 25.7 Å². The monoisotopic (exact) mass is 488 g/mol. The van der Waals surface area contributed by atoms with Gasteiger partial charge in [-0.25, -0.2) is 0 Å². The van der Waals surface area contributed by atoms with Crippen LogP contribution in [0.1, 0.15) is 51.3 Å². The van der Waals surface area contributed by atoms with Crippen molar-refractivity contribution in [2.24, 2.45) is 16.8 Å². The fourth-order valence-corrected chi connectivity index (χ4v) is 4.77. The molecule has 0 amide bonds. The summed E-state index contributed by atoms with van der Waals surface area (Å²) in [5.74, 6) is 3.75. The lowest BCUT2D eigenvalue weighted by Gasteiger charge is -2.25. The first-order valence-corrected chi connectivity index (χ1v) is 10.3. The van der Waals surface area contributed by atoms with E-state index in [9.17, 15) is 0 Å². The maximum Gasteiger partial charge on any atom is 0.191 e. The van der Waals surface area contributed by atoms with Crippen LogP contribution in [0.5, 0.6) is 0 Å². The first-order chi connectivity index (χ1) is 12.8. The molecule has 2 bridgehead atoms. The summed E-state index contributed by atoms with van der Waals surface area (Å²) in [5.41, 5.74) is 0. The van der Waals surface area contributed by atoms with Crippen LogP contribution in [0.25, 0.3) is 0 Å². The van der Waals surface area contributed by atoms with E-state index < -0.39 is 0 Å². The highest BCUT2D eigenvalue weighted by atomic mass is 127. The minimum absolute atomic E-state index is 0. The predicted octanol–water partition coefficient (Wildman–Crippen LogP) is 2.36. The second-order valence-corrected chi connectivity index (χ2v) is 7.97. The van der Waals surface area contributed by atoms with Gasteiger partial charge in [0.15, 0.2) is 5.96 Å². The maximum absolute atomic E-state index is 5.73. The van der Waals surface area contributed by atoms with Crippen LogP contribution in [0.3, 0.4) is 0 Å². The van der Waals surface area contributed by atoms with Crippen LogP contribution in [0, 0.1) is 11.8 Å². The third-order valence-electron chi connectivity index (χ3n) is 6.19. The topological polar surface area (TPSA) is 76.4 Å². The molecule has 1 saturated heterocycles. The van der Waals surface area contributed by atoms with Crippen molar-refractivity contribution in [3.63, 3.8) is 0 Å². The highest BCUT2D eigenvalue weighted by Gasteiger charge is 2.39. The van der Waals surface area contributed by atoms with Crippen LogP contribution in [0.2, 0.25) is 0 Å². The normalized spacial score (nSPS) is 29.7. The molecule has 2 N–H and O–H groups in total. The minimum atomic E-state index is 0. The summed E-state index contributed by atoms with van der Waals surface area (Å²) < 4.78 is 7.85. The largest absolute Gasteiger partial charge is 0.376 e. The standard InChI is InChI=1S/C19H32N6O.HI/c1-2-18-24-22-13-25(18)8-7-20-19(21-12-16-4-3-9-26-16)23-17-11-14-5-6-15(17)10-14;/h13-17H,2-12H2,1H3,(H2,20,21,23);1H. The molecule has 3 aliphatic rings. The smallest absolute Gasteiger partial charge is 0.191 e. The molecule has 7 nitrogen and oxygen atoms in total. The van der Waals surface area contributed by atoms with E-state index in [1.807, 2.05) is 6.33 Å². The zero-order valence-corrected chi connectivity index (χ0v) is 18.6. The molecule has 152 valence electrons. The molecule has 0 radical (unpaired) electrons. The Balaban J connectivity index is 0.00000210. The molecular formula is C19H33IN6O. The molecule has 0 spiro atoms. The fourth-order valence-electron chi connectivity index (χ4n) is 4.77. The van der Waals surface area contributed by atoms with Gasteiger partial charge in [-0.05, 0) is 43.9 Å². The van der Waals surface area contributed by atoms with Gasteiger partial charge in [0.1, 0.15) is 12.2 Å². The van der Waals surface area contributed by atoms with Crippen molar-refractivity contribution in [2.75, 3.05) is 19.7 Å². The number of hydrogen-bond acceptors (Lipinski definition) is 4. The van der Waals surface area contributed by atoms with Crippen LogP contribution in [0.15, 0.2) is 11.3 Å². The number of nitrogens with one attached hydrogen (secondary N) is 2. The molecule has 2 aliphatic carbocycles. The summed E-state index contributed by atoms with van der Waals surface area (Å²) >= 11 is 0. The number of halogens is 1. The van der Waals surface area contributed by atoms with Gasteiger partial charge in [0, 0.05) is 32.2 Å². The molecule has 4 rings (SSSR count). The predicted molar refractivity (Wildman–Crippen MR) is 116 cm³/mol. The lowest BCUT2D eigenvalue weighted by Crippen LogP contribution is -2.46. The number of fused-ring (bicyclic) bond motifs is 2. The van der Waals surface area contributed by atoms with E-state index in [0.717, 1.165) is 69.1 Å². The maximum atomic E-state index is 5.73. The number of rotatable bonds is 7. The van der Waals surface area contributed by atoms with E-state index in [4.69, 9.17) is 9.73 Å². The molecule has 2 heterocycles. The van der Waals surface area contributed by atoms with Crippen molar-refractivity contribution in [1.82, 2.24) is 25.4 Å². The Morgan fingerprint density at radius 3 is 2.96 bits per heavy atom. The first kappa shape index (κ1) is 20.8. The number of guanidine groups is 1. The number of hydrogen-bond donors (Lipinski definition) is 2. The Hall–Kier alpha value is -0.900. The highest BCUT2D eigenvalue weighted by molar-refractivity contribution is 14.0. The molecule has 1 aromatic heterocycles. The van der Waals surface area contributed by atoms with E-state index in [2.05, 4.69) is 32.3 Å². The molecule has 4 atom stereocenters. The van der Waals surface area contributed by atoms with Gasteiger partial charge in [-0.1, -0.05) is 13.3 Å². The summed E-state index contributed by atoms with van der Waals surface area (Å²) in [6.45, 7) is 5.43. The van der Waals surface area contributed by atoms with Gasteiger partial charge >= 0.3 is 0 Å². The van der Waals surface area contributed by atoms with Crippen molar-refractivity contribution in [3.05, 3.63) is 12.2 Å². The number of nitrogens with zero attached hydrogens (tertiary/aromatic N) is 4. The average molecular weight is 488 g/mol. The van der Waals surface area contributed by atoms with Crippen LogP contribution < -0.4 is 10.6 Å². The Morgan fingerprint density at radius 2 is 2.26 bits per heavy atom. The number of aryl methyl sites for hydroxylation is 1. The molecular weight excluding hydrogens is 455 g/mol. The van der Waals surface area contributed by atoms with Crippen molar-refractivity contribution in [2.45, 2.75) is 70.6 Å². The van der Waals surface area contributed by atoms with Crippen molar-refractivity contribution in [3.8, 4) is 0 Å². The molecule has 2 saturated carbocycles. The van der Waals surface area contributed by atoms with Gasteiger partial charge in [0.25, 0.3) is 0 Å².